The topological polar surface area (TPSA) is 24.5 Å². The van der Waals surface area contributed by atoms with Crippen LogP contribution in [0.3, 0.4) is 0 Å². The van der Waals surface area contributed by atoms with Crippen molar-refractivity contribution in [2.24, 2.45) is 0 Å². The molecule has 1 N–H and O–H groups in total. The Bertz CT molecular complexity index is 339. The van der Waals surface area contributed by atoms with E-state index < -0.39 is 0 Å². The number of ether oxygens (including phenoxy) is 1. The highest BCUT2D eigenvalue weighted by molar-refractivity contribution is 5.20. The number of benzene rings is 1. The lowest BCUT2D eigenvalue weighted by atomic mass is 9.99. The number of nitrogens with one attached hydrogen (secondary N) is 1. The number of rotatable bonds is 1. The number of nitrogens with zero attached hydrogens (tertiary/aromatic N) is 1. The molecule has 86 valence electrons. The lowest BCUT2D eigenvalue weighted by Crippen LogP contribution is -2.58. The normalized spacial score (nSPS) is 31.0. The molecule has 0 amide bonds. The van der Waals surface area contributed by atoms with Gasteiger partial charge in [0, 0.05) is 31.7 Å². The summed E-state index contributed by atoms with van der Waals surface area (Å²) in [4.78, 5) is 2.59. The maximum atomic E-state index is 5.54. The summed E-state index contributed by atoms with van der Waals surface area (Å²) >= 11 is 0. The quantitative estimate of drug-likeness (QED) is 0.762. The maximum Gasteiger partial charge on any atom is 0.0635 e. The Hall–Kier alpha value is -0.900. The third-order valence-corrected chi connectivity index (χ3v) is 3.58. The number of piperazine rings is 1. The van der Waals surface area contributed by atoms with E-state index in [9.17, 15) is 0 Å². The minimum atomic E-state index is 0.517. The molecule has 2 atom stereocenters. The van der Waals surface area contributed by atoms with Crippen LogP contribution in [0.25, 0.3) is 0 Å². The molecule has 0 radical (unpaired) electrons. The van der Waals surface area contributed by atoms with Gasteiger partial charge in [-0.2, -0.15) is 0 Å². The minimum absolute atomic E-state index is 0.517. The number of hydrogen-bond acceptors (Lipinski definition) is 3. The van der Waals surface area contributed by atoms with Crippen molar-refractivity contribution >= 4 is 0 Å². The van der Waals surface area contributed by atoms with Crippen LogP contribution in [0, 0.1) is 0 Å². The van der Waals surface area contributed by atoms with E-state index in [1.165, 1.54) is 5.56 Å². The highest BCUT2D eigenvalue weighted by Crippen LogP contribution is 2.26. The number of fused-ring (bicyclic) bond motifs is 1. The first-order chi connectivity index (χ1) is 7.95. The first-order valence-electron chi connectivity index (χ1n) is 6.04. The Balaban J connectivity index is 1.83. The Morgan fingerprint density at radius 2 is 2.06 bits per heavy atom. The zero-order chi connectivity index (χ0) is 10.8. The standard InChI is InChI=1S/C13H18N2O/c1-2-4-11(5-3-1)13-9-14-8-12-10-16-7-6-15(12)13/h1-5,12-14H,6-10H2. The van der Waals surface area contributed by atoms with Gasteiger partial charge < -0.3 is 10.1 Å². The maximum absolute atomic E-state index is 5.54. The van der Waals surface area contributed by atoms with Crippen LogP contribution in [-0.4, -0.2) is 43.8 Å². The third kappa shape index (κ3) is 1.86. The van der Waals surface area contributed by atoms with Crippen molar-refractivity contribution in [2.75, 3.05) is 32.8 Å². The fraction of sp³-hybridized carbons (Fsp3) is 0.538. The number of hydrogen-bond donors (Lipinski definition) is 1. The third-order valence-electron chi connectivity index (χ3n) is 3.58. The highest BCUT2D eigenvalue weighted by Gasteiger charge is 2.33. The molecule has 0 saturated carbocycles. The van der Waals surface area contributed by atoms with Crippen LogP contribution in [0.2, 0.25) is 0 Å². The molecule has 3 nitrogen and oxygen atoms in total. The molecule has 0 spiro atoms. The zero-order valence-corrected chi connectivity index (χ0v) is 9.43. The second kappa shape index (κ2) is 4.53. The summed E-state index contributed by atoms with van der Waals surface area (Å²) in [6.07, 6.45) is 0. The predicted octanol–water partition coefficient (Wildman–Crippen LogP) is 1.03. The van der Waals surface area contributed by atoms with Crippen LogP contribution in [0.4, 0.5) is 0 Å². The molecule has 2 heterocycles. The summed E-state index contributed by atoms with van der Waals surface area (Å²) in [5, 5.41) is 3.51. The van der Waals surface area contributed by atoms with E-state index in [0.717, 1.165) is 32.8 Å². The Kier molecular flexibility index (Phi) is 2.91. The van der Waals surface area contributed by atoms with Gasteiger partial charge in [0.2, 0.25) is 0 Å². The van der Waals surface area contributed by atoms with E-state index in [0.29, 0.717) is 12.1 Å². The first kappa shape index (κ1) is 10.3. The van der Waals surface area contributed by atoms with Crippen LogP contribution in [0.1, 0.15) is 11.6 Å². The molecule has 2 unspecified atom stereocenters. The summed E-state index contributed by atoms with van der Waals surface area (Å²) in [5.74, 6) is 0. The van der Waals surface area contributed by atoms with Crippen molar-refractivity contribution in [1.82, 2.24) is 10.2 Å². The molecule has 2 aliphatic rings. The molecule has 1 aromatic rings. The highest BCUT2D eigenvalue weighted by atomic mass is 16.5. The molecule has 0 aliphatic carbocycles. The van der Waals surface area contributed by atoms with Gasteiger partial charge in [-0.1, -0.05) is 30.3 Å². The largest absolute Gasteiger partial charge is 0.378 e. The van der Waals surface area contributed by atoms with Gasteiger partial charge in [0.15, 0.2) is 0 Å². The SMILES string of the molecule is c1ccc(C2CNCC3COCCN32)cc1. The Labute approximate surface area is 96.4 Å². The van der Waals surface area contributed by atoms with Crippen molar-refractivity contribution in [3.05, 3.63) is 35.9 Å². The molecular formula is C13H18N2O. The van der Waals surface area contributed by atoms with Crippen LogP contribution in [0.15, 0.2) is 30.3 Å². The molecule has 3 heteroatoms. The summed E-state index contributed by atoms with van der Waals surface area (Å²) in [6.45, 7) is 4.92. The van der Waals surface area contributed by atoms with Gasteiger partial charge in [0.25, 0.3) is 0 Å². The molecule has 0 aromatic heterocycles. The van der Waals surface area contributed by atoms with Gasteiger partial charge in [0.05, 0.1) is 13.2 Å². The van der Waals surface area contributed by atoms with Crippen molar-refractivity contribution < 1.29 is 4.74 Å². The van der Waals surface area contributed by atoms with E-state index in [1.807, 2.05) is 0 Å². The van der Waals surface area contributed by atoms with Crippen molar-refractivity contribution in [3.8, 4) is 0 Å². The molecule has 1 aromatic carbocycles. The Morgan fingerprint density at radius 3 is 2.94 bits per heavy atom. The van der Waals surface area contributed by atoms with Crippen LogP contribution >= 0.6 is 0 Å². The van der Waals surface area contributed by atoms with E-state index in [1.54, 1.807) is 0 Å². The van der Waals surface area contributed by atoms with Crippen molar-refractivity contribution in [3.63, 3.8) is 0 Å². The molecule has 0 bridgehead atoms. The summed E-state index contributed by atoms with van der Waals surface area (Å²) in [5.41, 5.74) is 1.42. The van der Waals surface area contributed by atoms with E-state index in [-0.39, 0.29) is 0 Å². The smallest absolute Gasteiger partial charge is 0.0635 e. The van der Waals surface area contributed by atoms with E-state index in [2.05, 4.69) is 40.5 Å². The van der Waals surface area contributed by atoms with Gasteiger partial charge in [-0.3, -0.25) is 4.90 Å². The van der Waals surface area contributed by atoms with Gasteiger partial charge in [0.1, 0.15) is 0 Å². The van der Waals surface area contributed by atoms with E-state index >= 15 is 0 Å². The van der Waals surface area contributed by atoms with Gasteiger partial charge in [-0.15, -0.1) is 0 Å². The molecular weight excluding hydrogens is 200 g/mol. The van der Waals surface area contributed by atoms with Gasteiger partial charge in [-0.05, 0) is 5.56 Å². The van der Waals surface area contributed by atoms with Crippen molar-refractivity contribution in [2.45, 2.75) is 12.1 Å². The second-order valence-electron chi connectivity index (χ2n) is 4.55. The average molecular weight is 218 g/mol. The molecule has 2 saturated heterocycles. The molecule has 3 rings (SSSR count). The summed E-state index contributed by atoms with van der Waals surface area (Å²) in [7, 11) is 0. The second-order valence-corrected chi connectivity index (χ2v) is 4.55. The summed E-state index contributed by atoms with van der Waals surface area (Å²) < 4.78 is 5.54. The lowest BCUT2D eigenvalue weighted by molar-refractivity contribution is -0.0427. The first-order valence-corrected chi connectivity index (χ1v) is 6.04. The number of morpholine rings is 1. The fourth-order valence-electron chi connectivity index (χ4n) is 2.74. The van der Waals surface area contributed by atoms with Crippen LogP contribution < -0.4 is 5.32 Å². The zero-order valence-electron chi connectivity index (χ0n) is 9.43. The van der Waals surface area contributed by atoms with Gasteiger partial charge in [-0.25, -0.2) is 0 Å². The van der Waals surface area contributed by atoms with Crippen LogP contribution in [-0.2, 0) is 4.74 Å². The van der Waals surface area contributed by atoms with Crippen molar-refractivity contribution in [1.29, 1.82) is 0 Å². The fourth-order valence-corrected chi connectivity index (χ4v) is 2.74. The van der Waals surface area contributed by atoms with Crippen LogP contribution in [0.5, 0.6) is 0 Å². The van der Waals surface area contributed by atoms with E-state index in [4.69, 9.17) is 4.74 Å². The predicted molar refractivity (Wildman–Crippen MR) is 63.4 cm³/mol. The Morgan fingerprint density at radius 1 is 1.19 bits per heavy atom. The average Bonchev–Trinajstić information content (AvgIpc) is 2.39. The minimum Gasteiger partial charge on any atom is -0.378 e. The molecule has 2 aliphatic heterocycles. The summed E-state index contributed by atoms with van der Waals surface area (Å²) in [6, 6.07) is 11.8. The molecule has 16 heavy (non-hydrogen) atoms. The molecule has 2 fully saturated rings. The monoisotopic (exact) mass is 218 g/mol. The van der Waals surface area contributed by atoms with Gasteiger partial charge >= 0.3 is 0 Å². The lowest BCUT2D eigenvalue weighted by Gasteiger charge is -2.45.